The Labute approximate surface area is 128 Å². The molecule has 0 amide bonds. The summed E-state index contributed by atoms with van der Waals surface area (Å²) in [5.41, 5.74) is -0.411. The summed E-state index contributed by atoms with van der Waals surface area (Å²) in [4.78, 5) is 0.235. The summed E-state index contributed by atoms with van der Waals surface area (Å²) in [7, 11) is -3.51. The highest BCUT2D eigenvalue weighted by molar-refractivity contribution is 7.89. The van der Waals surface area contributed by atoms with Crippen molar-refractivity contribution in [3.05, 3.63) is 12.4 Å². The van der Waals surface area contributed by atoms with E-state index in [0.717, 1.165) is 32.4 Å². The van der Waals surface area contributed by atoms with E-state index in [4.69, 9.17) is 0 Å². The van der Waals surface area contributed by atoms with E-state index >= 15 is 0 Å². The first-order valence-electron chi connectivity index (χ1n) is 7.64. The molecule has 0 fully saturated rings. The Kier molecular flexibility index (Phi) is 6.83. The first-order chi connectivity index (χ1) is 9.87. The third kappa shape index (κ3) is 5.41. The van der Waals surface area contributed by atoms with Gasteiger partial charge in [-0.1, -0.05) is 20.8 Å². The standard InChI is InChI=1S/C14H28N4O2S/c1-5-14(4,6-2)17-21(19,20)13-11-16-18(12-13)10-8-9-15-7-3/h11-12,15,17H,5-10H2,1-4H3. The zero-order valence-electron chi connectivity index (χ0n) is 13.5. The summed E-state index contributed by atoms with van der Waals surface area (Å²) in [5.74, 6) is 0. The van der Waals surface area contributed by atoms with Crippen molar-refractivity contribution in [1.29, 1.82) is 0 Å². The molecule has 1 rings (SSSR count). The van der Waals surface area contributed by atoms with E-state index in [2.05, 4.69) is 22.1 Å². The van der Waals surface area contributed by atoms with E-state index in [-0.39, 0.29) is 4.90 Å². The van der Waals surface area contributed by atoms with E-state index in [1.54, 1.807) is 10.9 Å². The fourth-order valence-corrected chi connectivity index (χ4v) is 3.43. The first kappa shape index (κ1) is 18.1. The van der Waals surface area contributed by atoms with Crippen molar-refractivity contribution < 1.29 is 8.42 Å². The van der Waals surface area contributed by atoms with Crippen molar-refractivity contribution in [2.24, 2.45) is 0 Å². The van der Waals surface area contributed by atoms with Crippen LogP contribution in [0.5, 0.6) is 0 Å². The Balaban J connectivity index is 2.70. The fraction of sp³-hybridized carbons (Fsp3) is 0.786. The lowest BCUT2D eigenvalue weighted by Crippen LogP contribution is -2.44. The van der Waals surface area contributed by atoms with Gasteiger partial charge in [0.2, 0.25) is 10.0 Å². The van der Waals surface area contributed by atoms with Crippen LogP contribution in [-0.4, -0.2) is 36.8 Å². The van der Waals surface area contributed by atoms with Gasteiger partial charge in [0.05, 0.1) is 6.20 Å². The van der Waals surface area contributed by atoms with Crippen molar-refractivity contribution in [3.8, 4) is 0 Å². The molecule has 0 aliphatic carbocycles. The Morgan fingerprint density at radius 3 is 2.52 bits per heavy atom. The second-order valence-corrected chi connectivity index (χ2v) is 7.20. The number of hydrogen-bond donors (Lipinski definition) is 2. The van der Waals surface area contributed by atoms with E-state index in [0.29, 0.717) is 6.54 Å². The maximum Gasteiger partial charge on any atom is 0.244 e. The predicted octanol–water partition coefficient (Wildman–Crippen LogP) is 1.74. The van der Waals surface area contributed by atoms with Gasteiger partial charge in [0, 0.05) is 18.3 Å². The lowest BCUT2D eigenvalue weighted by atomic mass is 9.98. The summed E-state index contributed by atoms with van der Waals surface area (Å²) < 4.78 is 29.2. The normalized spacial score (nSPS) is 12.8. The van der Waals surface area contributed by atoms with Crippen LogP contribution in [0.4, 0.5) is 0 Å². The van der Waals surface area contributed by atoms with Gasteiger partial charge in [0.25, 0.3) is 0 Å². The molecule has 2 N–H and O–H groups in total. The summed E-state index contributed by atoms with van der Waals surface area (Å²) in [6, 6.07) is 0. The van der Waals surface area contributed by atoms with Crippen LogP contribution in [0.1, 0.15) is 47.0 Å². The van der Waals surface area contributed by atoms with Crippen LogP contribution in [0, 0.1) is 0 Å². The molecular weight excluding hydrogens is 288 g/mol. The number of hydrogen-bond acceptors (Lipinski definition) is 4. The predicted molar refractivity (Wildman–Crippen MR) is 84.7 cm³/mol. The molecule has 1 heterocycles. The average Bonchev–Trinajstić information content (AvgIpc) is 2.93. The van der Waals surface area contributed by atoms with Crippen LogP contribution in [0.2, 0.25) is 0 Å². The Morgan fingerprint density at radius 2 is 1.95 bits per heavy atom. The largest absolute Gasteiger partial charge is 0.317 e. The molecule has 0 unspecified atom stereocenters. The molecular formula is C14H28N4O2S. The van der Waals surface area contributed by atoms with Gasteiger partial charge in [-0.25, -0.2) is 13.1 Å². The maximum absolute atomic E-state index is 12.4. The molecule has 1 aromatic rings. The van der Waals surface area contributed by atoms with Gasteiger partial charge in [-0.2, -0.15) is 5.10 Å². The third-order valence-electron chi connectivity index (χ3n) is 3.85. The van der Waals surface area contributed by atoms with Crippen molar-refractivity contribution in [2.75, 3.05) is 13.1 Å². The second-order valence-electron chi connectivity index (χ2n) is 5.52. The molecule has 0 aliphatic rings. The summed E-state index contributed by atoms with van der Waals surface area (Å²) in [6.45, 7) is 10.5. The van der Waals surface area contributed by atoms with Crippen LogP contribution < -0.4 is 10.0 Å². The zero-order valence-corrected chi connectivity index (χ0v) is 14.3. The first-order valence-corrected chi connectivity index (χ1v) is 9.12. The van der Waals surface area contributed by atoms with Gasteiger partial charge in [-0.15, -0.1) is 0 Å². The van der Waals surface area contributed by atoms with Crippen molar-refractivity contribution in [1.82, 2.24) is 19.8 Å². The lowest BCUT2D eigenvalue weighted by Gasteiger charge is -2.27. The molecule has 6 nitrogen and oxygen atoms in total. The molecule has 122 valence electrons. The average molecular weight is 316 g/mol. The molecule has 21 heavy (non-hydrogen) atoms. The van der Waals surface area contributed by atoms with Gasteiger partial charge in [-0.05, 0) is 39.3 Å². The molecule has 0 radical (unpaired) electrons. The highest BCUT2D eigenvalue weighted by Gasteiger charge is 2.28. The van der Waals surface area contributed by atoms with Gasteiger partial charge in [0.15, 0.2) is 0 Å². The van der Waals surface area contributed by atoms with Crippen LogP contribution in [0.15, 0.2) is 17.3 Å². The minimum absolute atomic E-state index is 0.235. The van der Waals surface area contributed by atoms with Gasteiger partial charge < -0.3 is 5.32 Å². The number of aryl methyl sites for hydroxylation is 1. The Morgan fingerprint density at radius 1 is 1.29 bits per heavy atom. The third-order valence-corrected chi connectivity index (χ3v) is 5.44. The van der Waals surface area contributed by atoms with Gasteiger partial charge >= 0.3 is 0 Å². The van der Waals surface area contributed by atoms with E-state index < -0.39 is 15.6 Å². The van der Waals surface area contributed by atoms with Crippen LogP contribution >= 0.6 is 0 Å². The SMILES string of the molecule is CCNCCCn1cc(S(=O)(=O)NC(C)(CC)CC)cn1. The van der Waals surface area contributed by atoms with Gasteiger partial charge in [0.1, 0.15) is 4.90 Å². The minimum Gasteiger partial charge on any atom is -0.317 e. The molecule has 0 spiro atoms. The van der Waals surface area contributed by atoms with E-state index in [1.807, 2.05) is 20.8 Å². The fourth-order valence-electron chi connectivity index (χ4n) is 1.93. The number of rotatable bonds is 10. The molecule has 0 saturated carbocycles. The minimum atomic E-state index is -3.51. The van der Waals surface area contributed by atoms with E-state index in [9.17, 15) is 8.42 Å². The van der Waals surface area contributed by atoms with Crippen molar-refractivity contribution >= 4 is 10.0 Å². The van der Waals surface area contributed by atoms with Crippen LogP contribution in [0.3, 0.4) is 0 Å². The number of sulfonamides is 1. The number of nitrogens with one attached hydrogen (secondary N) is 2. The monoisotopic (exact) mass is 316 g/mol. The van der Waals surface area contributed by atoms with Crippen molar-refractivity contribution in [3.63, 3.8) is 0 Å². The molecule has 0 saturated heterocycles. The topological polar surface area (TPSA) is 76.0 Å². The van der Waals surface area contributed by atoms with Gasteiger partial charge in [-0.3, -0.25) is 4.68 Å². The van der Waals surface area contributed by atoms with Crippen LogP contribution in [0.25, 0.3) is 0 Å². The molecule has 0 aromatic carbocycles. The van der Waals surface area contributed by atoms with Crippen LogP contribution in [-0.2, 0) is 16.6 Å². The van der Waals surface area contributed by atoms with E-state index in [1.165, 1.54) is 6.20 Å². The highest BCUT2D eigenvalue weighted by Crippen LogP contribution is 2.18. The number of nitrogens with zero attached hydrogens (tertiary/aromatic N) is 2. The molecule has 0 aliphatic heterocycles. The summed E-state index contributed by atoms with van der Waals surface area (Å²) in [6.07, 6.45) is 5.44. The molecule has 0 bridgehead atoms. The number of aromatic nitrogens is 2. The summed E-state index contributed by atoms with van der Waals surface area (Å²) in [5, 5.41) is 7.36. The quantitative estimate of drug-likeness (QED) is 0.645. The summed E-state index contributed by atoms with van der Waals surface area (Å²) >= 11 is 0. The Bertz CT molecular complexity index is 521. The second kappa shape index (κ2) is 7.91. The molecule has 1 aromatic heterocycles. The smallest absolute Gasteiger partial charge is 0.244 e. The maximum atomic E-state index is 12.4. The molecule has 0 atom stereocenters. The zero-order chi connectivity index (χ0) is 15.9. The highest BCUT2D eigenvalue weighted by atomic mass is 32.2. The van der Waals surface area contributed by atoms with Crippen molar-refractivity contribution in [2.45, 2.75) is 63.9 Å². The molecule has 7 heteroatoms. The Hall–Kier alpha value is -0.920. The lowest BCUT2D eigenvalue weighted by molar-refractivity contribution is 0.388.